The Hall–Kier alpha value is -1.19. The number of esters is 1. The Kier molecular flexibility index (Phi) is 5.05. The van der Waals surface area contributed by atoms with Gasteiger partial charge in [-0.05, 0) is 39.5 Å². The Bertz CT molecular complexity index is 348. The van der Waals surface area contributed by atoms with E-state index in [1.54, 1.807) is 13.8 Å². The summed E-state index contributed by atoms with van der Waals surface area (Å²) in [7, 11) is 0. The van der Waals surface area contributed by atoms with Gasteiger partial charge in [-0.25, -0.2) is 0 Å². The number of hydrogen-bond acceptors (Lipinski definition) is 4. The van der Waals surface area contributed by atoms with Crippen LogP contribution in [0.15, 0.2) is 0 Å². The normalized spacial score (nSPS) is 23.9. The number of rotatable bonds is 4. The van der Waals surface area contributed by atoms with E-state index in [0.717, 1.165) is 19.3 Å². The van der Waals surface area contributed by atoms with Gasteiger partial charge in [-0.1, -0.05) is 6.42 Å². The first-order valence-electron chi connectivity index (χ1n) is 6.62. The van der Waals surface area contributed by atoms with E-state index in [-0.39, 0.29) is 24.1 Å². The molecule has 0 radical (unpaired) electrons. The van der Waals surface area contributed by atoms with E-state index < -0.39 is 11.4 Å². The molecule has 4 nitrogen and oxygen atoms in total. The fraction of sp³-hybridized carbons (Fsp3) is 0.786. The molecule has 0 aliphatic heterocycles. The van der Waals surface area contributed by atoms with Gasteiger partial charge in [0.25, 0.3) is 0 Å². The lowest BCUT2D eigenvalue weighted by Crippen LogP contribution is -2.43. The van der Waals surface area contributed by atoms with Crippen molar-refractivity contribution in [3.63, 3.8) is 0 Å². The van der Waals surface area contributed by atoms with Gasteiger partial charge in [-0.15, -0.1) is 0 Å². The zero-order chi connectivity index (χ0) is 13.8. The molecule has 18 heavy (non-hydrogen) atoms. The minimum absolute atomic E-state index is 0.147. The van der Waals surface area contributed by atoms with Crippen molar-refractivity contribution < 1.29 is 19.1 Å². The molecule has 1 aliphatic rings. The van der Waals surface area contributed by atoms with Crippen molar-refractivity contribution >= 4 is 17.5 Å². The quantitative estimate of drug-likeness (QED) is 0.439. The molecule has 0 spiro atoms. The Balaban J connectivity index is 2.98. The third kappa shape index (κ3) is 2.98. The van der Waals surface area contributed by atoms with Crippen LogP contribution < -0.4 is 0 Å². The van der Waals surface area contributed by atoms with E-state index in [4.69, 9.17) is 4.74 Å². The lowest BCUT2D eigenvalue weighted by atomic mass is 9.70. The van der Waals surface area contributed by atoms with Crippen LogP contribution in [0.5, 0.6) is 0 Å². The molecule has 0 bridgehead atoms. The summed E-state index contributed by atoms with van der Waals surface area (Å²) in [6.45, 7) is 5.00. The van der Waals surface area contributed by atoms with Crippen LogP contribution in [-0.2, 0) is 19.1 Å². The fourth-order valence-corrected chi connectivity index (χ4v) is 2.56. The maximum absolute atomic E-state index is 12.1. The predicted octanol–water partition coefficient (Wildman–Crippen LogP) is 2.29. The minimum atomic E-state index is -1.17. The summed E-state index contributed by atoms with van der Waals surface area (Å²) in [5, 5.41) is 0. The van der Waals surface area contributed by atoms with Crippen LogP contribution in [0.4, 0.5) is 0 Å². The molecule has 0 amide bonds. The van der Waals surface area contributed by atoms with Crippen molar-refractivity contribution in [1.29, 1.82) is 0 Å². The summed E-state index contributed by atoms with van der Waals surface area (Å²) in [6.07, 6.45) is 3.35. The number of ketones is 2. The Morgan fingerprint density at radius 2 is 2.06 bits per heavy atom. The Morgan fingerprint density at radius 3 is 2.61 bits per heavy atom. The number of carbonyl (C=O) groups excluding carboxylic acids is 3. The summed E-state index contributed by atoms with van der Waals surface area (Å²) < 4.78 is 5.03. The summed E-state index contributed by atoms with van der Waals surface area (Å²) in [4.78, 5) is 35.6. The van der Waals surface area contributed by atoms with Gasteiger partial charge in [0.05, 0.1) is 6.61 Å². The summed E-state index contributed by atoms with van der Waals surface area (Å²) in [5.41, 5.74) is -1.17. The van der Waals surface area contributed by atoms with Crippen LogP contribution in [-0.4, -0.2) is 24.1 Å². The molecular formula is C14H22O4. The topological polar surface area (TPSA) is 60.4 Å². The molecule has 1 fully saturated rings. The van der Waals surface area contributed by atoms with Crippen LogP contribution >= 0.6 is 0 Å². The van der Waals surface area contributed by atoms with E-state index in [2.05, 4.69) is 0 Å². The van der Waals surface area contributed by atoms with Crippen LogP contribution in [0.3, 0.4) is 0 Å². The third-order valence-electron chi connectivity index (χ3n) is 3.98. The molecule has 4 heteroatoms. The van der Waals surface area contributed by atoms with Crippen molar-refractivity contribution in [2.45, 2.75) is 52.9 Å². The predicted molar refractivity (Wildman–Crippen MR) is 67.0 cm³/mol. The minimum Gasteiger partial charge on any atom is -0.465 e. The zero-order valence-corrected chi connectivity index (χ0v) is 11.5. The van der Waals surface area contributed by atoms with Crippen molar-refractivity contribution in [3.8, 4) is 0 Å². The molecule has 1 rings (SSSR count). The van der Waals surface area contributed by atoms with Crippen LogP contribution in [0.25, 0.3) is 0 Å². The summed E-state index contributed by atoms with van der Waals surface area (Å²) in [5.74, 6) is -0.767. The fourth-order valence-electron chi connectivity index (χ4n) is 2.56. The third-order valence-corrected chi connectivity index (χ3v) is 3.98. The van der Waals surface area contributed by atoms with E-state index in [1.807, 2.05) is 0 Å². The van der Waals surface area contributed by atoms with Gasteiger partial charge in [0, 0.05) is 12.8 Å². The van der Waals surface area contributed by atoms with E-state index >= 15 is 0 Å². The first kappa shape index (κ1) is 14.9. The smallest absolute Gasteiger partial charge is 0.319 e. The van der Waals surface area contributed by atoms with Gasteiger partial charge in [-0.3, -0.25) is 14.4 Å². The van der Waals surface area contributed by atoms with Crippen molar-refractivity contribution in [2.24, 2.45) is 11.3 Å². The Morgan fingerprint density at radius 1 is 1.39 bits per heavy atom. The molecule has 1 aliphatic carbocycles. The van der Waals surface area contributed by atoms with Crippen molar-refractivity contribution in [1.82, 2.24) is 0 Å². The number of ether oxygens (including phenoxy) is 1. The highest BCUT2D eigenvalue weighted by Crippen LogP contribution is 2.38. The maximum atomic E-state index is 12.1. The standard InChI is InChI=1S/C14H22O4/c1-4-18-13(17)14(3,10(2)15)11-7-5-6-8-12(16)9-11/h11H,4-9H2,1-3H3/t11-,14+/m1/s1. The number of carbonyl (C=O) groups is 3. The molecular weight excluding hydrogens is 232 g/mol. The molecule has 0 heterocycles. The average Bonchev–Trinajstić information content (AvgIpc) is 2.53. The zero-order valence-electron chi connectivity index (χ0n) is 11.5. The highest BCUT2D eigenvalue weighted by atomic mass is 16.5. The molecule has 102 valence electrons. The largest absolute Gasteiger partial charge is 0.465 e. The van der Waals surface area contributed by atoms with Gasteiger partial charge >= 0.3 is 5.97 Å². The molecule has 0 aromatic rings. The highest BCUT2D eigenvalue weighted by molar-refractivity contribution is 6.03. The lowest BCUT2D eigenvalue weighted by molar-refractivity contribution is -0.162. The highest BCUT2D eigenvalue weighted by Gasteiger charge is 2.47. The monoisotopic (exact) mass is 254 g/mol. The van der Waals surface area contributed by atoms with Crippen LogP contribution in [0.2, 0.25) is 0 Å². The summed E-state index contributed by atoms with van der Waals surface area (Å²) >= 11 is 0. The molecule has 1 saturated carbocycles. The molecule has 2 atom stereocenters. The van der Waals surface area contributed by atoms with Crippen molar-refractivity contribution in [3.05, 3.63) is 0 Å². The number of Topliss-reactive ketones (excluding diaryl/α,β-unsaturated/α-hetero) is 2. The van der Waals surface area contributed by atoms with Crippen molar-refractivity contribution in [2.75, 3.05) is 6.61 Å². The van der Waals surface area contributed by atoms with E-state index in [9.17, 15) is 14.4 Å². The van der Waals surface area contributed by atoms with Gasteiger partial charge in [0.15, 0.2) is 0 Å². The first-order chi connectivity index (χ1) is 8.42. The Labute approximate surface area is 108 Å². The maximum Gasteiger partial charge on any atom is 0.319 e. The van der Waals surface area contributed by atoms with E-state index in [0.29, 0.717) is 12.8 Å². The van der Waals surface area contributed by atoms with E-state index in [1.165, 1.54) is 6.92 Å². The summed E-state index contributed by atoms with van der Waals surface area (Å²) in [6, 6.07) is 0. The van der Waals surface area contributed by atoms with Gasteiger partial charge < -0.3 is 4.74 Å². The van der Waals surface area contributed by atoms with Gasteiger partial charge in [0.2, 0.25) is 0 Å². The second-order valence-electron chi connectivity index (χ2n) is 5.16. The van der Waals surface area contributed by atoms with Crippen LogP contribution in [0, 0.1) is 11.3 Å². The molecule has 0 aromatic carbocycles. The molecule has 0 aromatic heterocycles. The molecule has 0 N–H and O–H groups in total. The second-order valence-corrected chi connectivity index (χ2v) is 5.16. The SMILES string of the molecule is CCOC(=O)[C@@](C)(C(C)=O)[C@@H]1CCCCC(=O)C1. The average molecular weight is 254 g/mol. The lowest BCUT2D eigenvalue weighted by Gasteiger charge is -2.32. The molecule has 0 saturated heterocycles. The van der Waals surface area contributed by atoms with Crippen LogP contribution in [0.1, 0.15) is 52.9 Å². The molecule has 0 unspecified atom stereocenters. The number of hydrogen-bond donors (Lipinski definition) is 0. The van der Waals surface area contributed by atoms with Gasteiger partial charge in [0.1, 0.15) is 17.0 Å². The van der Waals surface area contributed by atoms with Gasteiger partial charge in [-0.2, -0.15) is 0 Å². The first-order valence-corrected chi connectivity index (χ1v) is 6.62. The second kappa shape index (κ2) is 6.12.